The Labute approximate surface area is 85.0 Å². The standard InChI is InChI=1S/C10H15N.BrH/c1-2-3-4-5-10-6-8-11-9-7-10;/h6-9H,2-5H2,1H3;1H. The van der Waals surface area contributed by atoms with Crippen molar-refractivity contribution in [1.29, 1.82) is 0 Å². The molecule has 1 aromatic rings. The van der Waals surface area contributed by atoms with E-state index in [9.17, 15) is 0 Å². The van der Waals surface area contributed by atoms with Crippen LogP contribution in [0.15, 0.2) is 24.5 Å². The summed E-state index contributed by atoms with van der Waals surface area (Å²) in [6.07, 6.45) is 8.87. The lowest BCUT2D eigenvalue weighted by molar-refractivity contribution is 0.717. The second kappa shape index (κ2) is 7.29. The van der Waals surface area contributed by atoms with Gasteiger partial charge in [0.15, 0.2) is 0 Å². The number of halogens is 1. The zero-order valence-corrected chi connectivity index (χ0v) is 9.21. The predicted molar refractivity (Wildman–Crippen MR) is 57.8 cm³/mol. The maximum absolute atomic E-state index is 3.97. The lowest BCUT2D eigenvalue weighted by atomic mass is 10.1. The van der Waals surface area contributed by atoms with Crippen LogP contribution in [-0.2, 0) is 6.42 Å². The molecule has 0 aliphatic rings. The molecule has 0 aliphatic carbocycles. The second-order valence-corrected chi connectivity index (χ2v) is 2.81. The highest BCUT2D eigenvalue weighted by Gasteiger charge is 1.89. The van der Waals surface area contributed by atoms with E-state index < -0.39 is 0 Å². The van der Waals surface area contributed by atoms with Gasteiger partial charge >= 0.3 is 0 Å². The van der Waals surface area contributed by atoms with Crippen molar-refractivity contribution in [3.8, 4) is 0 Å². The van der Waals surface area contributed by atoms with Crippen LogP contribution in [0.5, 0.6) is 0 Å². The first-order valence-corrected chi connectivity index (χ1v) is 4.32. The van der Waals surface area contributed by atoms with Crippen LogP contribution in [0.2, 0.25) is 0 Å². The fourth-order valence-electron chi connectivity index (χ4n) is 1.13. The quantitative estimate of drug-likeness (QED) is 0.722. The molecule has 1 aromatic heterocycles. The average Bonchev–Trinajstić information content (AvgIpc) is 2.07. The van der Waals surface area contributed by atoms with E-state index in [4.69, 9.17) is 0 Å². The molecular weight excluding hydrogens is 214 g/mol. The summed E-state index contributed by atoms with van der Waals surface area (Å²) >= 11 is 0. The summed E-state index contributed by atoms with van der Waals surface area (Å²) in [5.41, 5.74) is 1.41. The Balaban J connectivity index is 0.00000121. The molecule has 0 fully saturated rings. The maximum atomic E-state index is 3.97. The molecule has 0 bridgehead atoms. The lowest BCUT2D eigenvalue weighted by Gasteiger charge is -1.97. The zero-order valence-electron chi connectivity index (χ0n) is 7.49. The molecule has 0 N–H and O–H groups in total. The van der Waals surface area contributed by atoms with E-state index in [1.165, 1.54) is 31.2 Å². The fourth-order valence-corrected chi connectivity index (χ4v) is 1.13. The Morgan fingerprint density at radius 3 is 2.42 bits per heavy atom. The molecule has 0 aromatic carbocycles. The molecule has 1 nitrogen and oxygen atoms in total. The number of aromatic nitrogens is 1. The molecule has 0 saturated heterocycles. The Kier molecular flexibility index (Phi) is 7.06. The normalized spacial score (nSPS) is 9.08. The van der Waals surface area contributed by atoms with Crippen molar-refractivity contribution in [2.24, 2.45) is 0 Å². The topological polar surface area (TPSA) is 12.9 Å². The van der Waals surface area contributed by atoms with E-state index in [0.29, 0.717) is 0 Å². The smallest absolute Gasteiger partial charge is 0.0270 e. The molecule has 12 heavy (non-hydrogen) atoms. The summed E-state index contributed by atoms with van der Waals surface area (Å²) in [4.78, 5) is 3.97. The van der Waals surface area contributed by atoms with Crippen molar-refractivity contribution in [2.75, 3.05) is 0 Å². The van der Waals surface area contributed by atoms with Gasteiger partial charge in [0.2, 0.25) is 0 Å². The molecule has 1 rings (SSSR count). The maximum Gasteiger partial charge on any atom is 0.0270 e. The highest BCUT2D eigenvalue weighted by atomic mass is 79.9. The summed E-state index contributed by atoms with van der Waals surface area (Å²) in [6, 6.07) is 4.19. The summed E-state index contributed by atoms with van der Waals surface area (Å²) in [5.74, 6) is 0. The van der Waals surface area contributed by atoms with Crippen LogP contribution in [0, 0.1) is 0 Å². The van der Waals surface area contributed by atoms with Gasteiger partial charge in [-0.2, -0.15) is 0 Å². The SMILES string of the molecule is Br.CCCCCc1ccncc1. The van der Waals surface area contributed by atoms with Gasteiger partial charge in [-0.3, -0.25) is 4.98 Å². The highest BCUT2D eigenvalue weighted by Crippen LogP contribution is 2.04. The molecule has 1 heterocycles. The molecule has 0 saturated carbocycles. The fraction of sp³-hybridized carbons (Fsp3) is 0.500. The van der Waals surface area contributed by atoms with Gasteiger partial charge in [0.1, 0.15) is 0 Å². The largest absolute Gasteiger partial charge is 0.265 e. The van der Waals surface area contributed by atoms with E-state index in [1.54, 1.807) is 0 Å². The Bertz CT molecular complexity index is 186. The van der Waals surface area contributed by atoms with Crippen LogP contribution in [0.25, 0.3) is 0 Å². The predicted octanol–water partition coefficient (Wildman–Crippen LogP) is 3.39. The van der Waals surface area contributed by atoms with Gasteiger partial charge in [0.25, 0.3) is 0 Å². The molecule has 0 radical (unpaired) electrons. The van der Waals surface area contributed by atoms with Crippen molar-refractivity contribution >= 4 is 17.0 Å². The van der Waals surface area contributed by atoms with Gasteiger partial charge < -0.3 is 0 Å². The molecule has 0 atom stereocenters. The van der Waals surface area contributed by atoms with Gasteiger partial charge in [-0.25, -0.2) is 0 Å². The first kappa shape index (κ1) is 11.6. The summed E-state index contributed by atoms with van der Waals surface area (Å²) in [5, 5.41) is 0. The van der Waals surface area contributed by atoms with Crippen molar-refractivity contribution in [3.63, 3.8) is 0 Å². The minimum Gasteiger partial charge on any atom is -0.265 e. The molecule has 0 spiro atoms. The third kappa shape index (κ3) is 4.50. The second-order valence-electron chi connectivity index (χ2n) is 2.81. The van der Waals surface area contributed by atoms with Crippen LogP contribution in [0.4, 0.5) is 0 Å². The zero-order chi connectivity index (χ0) is 7.94. The monoisotopic (exact) mass is 229 g/mol. The third-order valence-electron chi connectivity index (χ3n) is 1.82. The highest BCUT2D eigenvalue weighted by molar-refractivity contribution is 8.93. The minimum atomic E-state index is 0. The first-order valence-electron chi connectivity index (χ1n) is 4.32. The number of aryl methyl sites for hydroxylation is 1. The molecule has 0 amide bonds. The Hall–Kier alpha value is -0.370. The van der Waals surface area contributed by atoms with E-state index in [-0.39, 0.29) is 17.0 Å². The molecule has 68 valence electrons. The number of hydrogen-bond acceptors (Lipinski definition) is 1. The van der Waals surface area contributed by atoms with E-state index in [1.807, 2.05) is 12.4 Å². The molecule has 0 aliphatic heterocycles. The van der Waals surface area contributed by atoms with Crippen LogP contribution in [0.1, 0.15) is 31.7 Å². The van der Waals surface area contributed by atoms with Crippen molar-refractivity contribution in [1.82, 2.24) is 4.98 Å². The van der Waals surface area contributed by atoms with E-state index in [2.05, 4.69) is 24.0 Å². The molecule has 0 unspecified atom stereocenters. The van der Waals surface area contributed by atoms with E-state index >= 15 is 0 Å². The molecular formula is C10H16BrN. The lowest BCUT2D eigenvalue weighted by Crippen LogP contribution is -1.84. The van der Waals surface area contributed by atoms with Gasteiger partial charge in [-0.15, -0.1) is 17.0 Å². The van der Waals surface area contributed by atoms with E-state index in [0.717, 1.165) is 0 Å². The van der Waals surface area contributed by atoms with Gasteiger partial charge in [0.05, 0.1) is 0 Å². The van der Waals surface area contributed by atoms with Crippen molar-refractivity contribution in [3.05, 3.63) is 30.1 Å². The van der Waals surface area contributed by atoms with Crippen molar-refractivity contribution < 1.29 is 0 Å². The minimum absolute atomic E-state index is 0. The number of pyridine rings is 1. The van der Waals surface area contributed by atoms with Crippen LogP contribution >= 0.6 is 17.0 Å². The Morgan fingerprint density at radius 2 is 1.83 bits per heavy atom. The van der Waals surface area contributed by atoms with Crippen molar-refractivity contribution in [2.45, 2.75) is 32.6 Å². The van der Waals surface area contributed by atoms with Crippen LogP contribution in [0.3, 0.4) is 0 Å². The number of unbranched alkanes of at least 4 members (excludes halogenated alkanes) is 2. The summed E-state index contributed by atoms with van der Waals surface area (Å²) in [6.45, 7) is 2.23. The summed E-state index contributed by atoms with van der Waals surface area (Å²) in [7, 11) is 0. The number of nitrogens with zero attached hydrogens (tertiary/aromatic N) is 1. The average molecular weight is 230 g/mol. The van der Waals surface area contributed by atoms with Gasteiger partial charge in [-0.05, 0) is 30.5 Å². The summed E-state index contributed by atoms with van der Waals surface area (Å²) < 4.78 is 0. The molecule has 2 heteroatoms. The van der Waals surface area contributed by atoms with Gasteiger partial charge in [-0.1, -0.05) is 19.8 Å². The Morgan fingerprint density at radius 1 is 1.17 bits per heavy atom. The third-order valence-corrected chi connectivity index (χ3v) is 1.82. The van der Waals surface area contributed by atoms with Gasteiger partial charge in [0, 0.05) is 12.4 Å². The number of hydrogen-bond donors (Lipinski definition) is 0. The van der Waals surface area contributed by atoms with Crippen LogP contribution in [-0.4, -0.2) is 4.98 Å². The first-order chi connectivity index (χ1) is 5.43. The number of rotatable bonds is 4. The van der Waals surface area contributed by atoms with Crippen LogP contribution < -0.4 is 0 Å².